The van der Waals surface area contributed by atoms with E-state index in [1.54, 1.807) is 19.0 Å². The number of nitrogens with zero attached hydrogens (tertiary/aromatic N) is 1. The molecule has 2 N–H and O–H groups in total. The second-order valence-corrected chi connectivity index (χ2v) is 3.83. The zero-order valence-electron chi connectivity index (χ0n) is 9.38. The highest BCUT2D eigenvalue weighted by Crippen LogP contribution is 2.07. The minimum Gasteiger partial charge on any atom is -0.359 e. The van der Waals surface area contributed by atoms with Gasteiger partial charge in [-0.3, -0.25) is 9.59 Å². The van der Waals surface area contributed by atoms with Crippen LogP contribution < -0.4 is 10.6 Å². The van der Waals surface area contributed by atoms with Crippen LogP contribution in [0.1, 0.15) is 19.3 Å². The summed E-state index contributed by atoms with van der Waals surface area (Å²) in [6, 6.07) is -0.0420. The summed E-state index contributed by atoms with van der Waals surface area (Å²) >= 11 is 0. The monoisotopic (exact) mass is 213 g/mol. The molecule has 1 atom stereocenters. The quantitative estimate of drug-likeness (QED) is 0.651. The minimum atomic E-state index is -0.0420. The van der Waals surface area contributed by atoms with Gasteiger partial charge in [0.2, 0.25) is 11.8 Å². The SMILES string of the molecule is CNC(=O)CCN(C)C(=O)[C@H]1CCCN1. The van der Waals surface area contributed by atoms with Gasteiger partial charge in [-0.25, -0.2) is 0 Å². The lowest BCUT2D eigenvalue weighted by molar-refractivity contribution is -0.132. The maximum absolute atomic E-state index is 11.8. The molecule has 0 aromatic rings. The molecule has 0 bridgehead atoms. The number of rotatable bonds is 4. The van der Waals surface area contributed by atoms with E-state index in [0.29, 0.717) is 13.0 Å². The molecule has 86 valence electrons. The number of nitrogens with one attached hydrogen (secondary N) is 2. The molecule has 1 rings (SSSR count). The molecule has 0 aliphatic carbocycles. The van der Waals surface area contributed by atoms with Crippen LogP contribution in [0.3, 0.4) is 0 Å². The Kier molecular flexibility index (Phi) is 4.55. The molecule has 5 nitrogen and oxygen atoms in total. The standard InChI is InChI=1S/C10H19N3O2/c1-11-9(14)5-7-13(2)10(15)8-4-3-6-12-8/h8,12H,3-7H2,1-2H3,(H,11,14)/t8-/m1/s1. The summed E-state index contributed by atoms with van der Waals surface area (Å²) in [5.41, 5.74) is 0. The maximum atomic E-state index is 11.8. The largest absolute Gasteiger partial charge is 0.359 e. The van der Waals surface area contributed by atoms with Crippen LogP contribution in [0.5, 0.6) is 0 Å². The number of hydrogen-bond donors (Lipinski definition) is 2. The summed E-state index contributed by atoms with van der Waals surface area (Å²) in [4.78, 5) is 24.4. The Balaban J connectivity index is 2.29. The van der Waals surface area contributed by atoms with Crippen molar-refractivity contribution in [1.82, 2.24) is 15.5 Å². The van der Waals surface area contributed by atoms with Crippen LogP contribution in [0.4, 0.5) is 0 Å². The Morgan fingerprint density at radius 3 is 2.80 bits per heavy atom. The summed E-state index contributed by atoms with van der Waals surface area (Å²) in [5, 5.41) is 5.68. The van der Waals surface area contributed by atoms with Crippen molar-refractivity contribution < 1.29 is 9.59 Å². The third kappa shape index (κ3) is 3.51. The van der Waals surface area contributed by atoms with Crippen LogP contribution in [0.25, 0.3) is 0 Å². The average molecular weight is 213 g/mol. The van der Waals surface area contributed by atoms with Gasteiger partial charge in [0.15, 0.2) is 0 Å². The van der Waals surface area contributed by atoms with Crippen molar-refractivity contribution in [1.29, 1.82) is 0 Å². The molecule has 0 unspecified atom stereocenters. The van der Waals surface area contributed by atoms with Gasteiger partial charge in [0.1, 0.15) is 0 Å². The second-order valence-electron chi connectivity index (χ2n) is 3.83. The van der Waals surface area contributed by atoms with E-state index in [-0.39, 0.29) is 17.9 Å². The van der Waals surface area contributed by atoms with E-state index in [1.807, 2.05) is 0 Å². The normalized spacial score (nSPS) is 20.0. The van der Waals surface area contributed by atoms with Crippen molar-refractivity contribution in [3.8, 4) is 0 Å². The molecular weight excluding hydrogens is 194 g/mol. The fourth-order valence-electron chi connectivity index (χ4n) is 1.67. The molecule has 5 heteroatoms. The average Bonchev–Trinajstić information content (AvgIpc) is 2.77. The topological polar surface area (TPSA) is 61.4 Å². The molecule has 0 aromatic heterocycles. The smallest absolute Gasteiger partial charge is 0.239 e. The number of carbonyl (C=O) groups excluding carboxylic acids is 2. The molecule has 1 heterocycles. The van der Waals surface area contributed by atoms with Gasteiger partial charge in [0.25, 0.3) is 0 Å². The van der Waals surface area contributed by atoms with E-state index in [9.17, 15) is 9.59 Å². The first-order valence-corrected chi connectivity index (χ1v) is 5.34. The van der Waals surface area contributed by atoms with Crippen molar-refractivity contribution >= 4 is 11.8 Å². The first-order valence-electron chi connectivity index (χ1n) is 5.34. The summed E-state index contributed by atoms with van der Waals surface area (Å²) in [7, 11) is 3.34. The third-order valence-electron chi connectivity index (χ3n) is 2.69. The predicted octanol–water partition coefficient (Wildman–Crippen LogP) is -0.667. The molecule has 1 aliphatic rings. The van der Waals surface area contributed by atoms with Gasteiger partial charge in [-0.15, -0.1) is 0 Å². The Labute approximate surface area is 90.2 Å². The molecule has 1 fully saturated rings. The molecule has 0 radical (unpaired) electrons. The molecule has 15 heavy (non-hydrogen) atoms. The molecule has 2 amide bonds. The molecule has 0 spiro atoms. The highest BCUT2D eigenvalue weighted by Gasteiger charge is 2.24. The number of carbonyl (C=O) groups is 2. The predicted molar refractivity (Wildman–Crippen MR) is 57.3 cm³/mol. The Bertz CT molecular complexity index is 237. The summed E-state index contributed by atoms with van der Waals surface area (Å²) < 4.78 is 0. The van der Waals surface area contributed by atoms with Crippen LogP contribution in [0, 0.1) is 0 Å². The van der Waals surface area contributed by atoms with Gasteiger partial charge in [0.05, 0.1) is 6.04 Å². The van der Waals surface area contributed by atoms with E-state index >= 15 is 0 Å². The fourth-order valence-corrected chi connectivity index (χ4v) is 1.67. The number of amides is 2. The Morgan fingerprint density at radius 2 is 2.27 bits per heavy atom. The molecule has 1 saturated heterocycles. The van der Waals surface area contributed by atoms with Crippen molar-refractivity contribution in [2.24, 2.45) is 0 Å². The zero-order chi connectivity index (χ0) is 11.3. The molecule has 0 aromatic carbocycles. The van der Waals surface area contributed by atoms with Crippen LogP contribution in [0.2, 0.25) is 0 Å². The van der Waals surface area contributed by atoms with Gasteiger partial charge in [-0.05, 0) is 19.4 Å². The molecule has 1 aliphatic heterocycles. The van der Waals surface area contributed by atoms with Crippen molar-refractivity contribution in [2.75, 3.05) is 27.2 Å². The molecule has 0 saturated carbocycles. The number of hydrogen-bond acceptors (Lipinski definition) is 3. The second kappa shape index (κ2) is 5.70. The van der Waals surface area contributed by atoms with E-state index in [1.165, 1.54) is 0 Å². The van der Waals surface area contributed by atoms with E-state index in [0.717, 1.165) is 19.4 Å². The number of likely N-dealkylation sites (N-methyl/N-ethyl adjacent to an activating group) is 1. The van der Waals surface area contributed by atoms with Gasteiger partial charge in [-0.2, -0.15) is 0 Å². The third-order valence-corrected chi connectivity index (χ3v) is 2.69. The fraction of sp³-hybridized carbons (Fsp3) is 0.800. The maximum Gasteiger partial charge on any atom is 0.239 e. The van der Waals surface area contributed by atoms with E-state index < -0.39 is 0 Å². The van der Waals surface area contributed by atoms with Crippen molar-refractivity contribution in [2.45, 2.75) is 25.3 Å². The van der Waals surface area contributed by atoms with E-state index in [2.05, 4.69) is 10.6 Å². The zero-order valence-corrected chi connectivity index (χ0v) is 9.38. The summed E-state index contributed by atoms with van der Waals surface area (Å²) in [6.45, 7) is 1.40. The summed E-state index contributed by atoms with van der Waals surface area (Å²) in [6.07, 6.45) is 2.33. The Hall–Kier alpha value is -1.10. The van der Waals surface area contributed by atoms with E-state index in [4.69, 9.17) is 0 Å². The van der Waals surface area contributed by atoms with Crippen LogP contribution in [-0.4, -0.2) is 49.9 Å². The van der Waals surface area contributed by atoms with Crippen molar-refractivity contribution in [3.05, 3.63) is 0 Å². The van der Waals surface area contributed by atoms with Gasteiger partial charge in [0, 0.05) is 27.1 Å². The lowest BCUT2D eigenvalue weighted by Crippen LogP contribution is -2.42. The first kappa shape index (κ1) is 12.0. The minimum absolute atomic E-state index is 0.0333. The van der Waals surface area contributed by atoms with Gasteiger partial charge >= 0.3 is 0 Å². The summed E-state index contributed by atoms with van der Waals surface area (Å²) in [5.74, 6) is 0.0606. The Morgan fingerprint density at radius 1 is 1.53 bits per heavy atom. The van der Waals surface area contributed by atoms with Crippen LogP contribution >= 0.6 is 0 Å². The lowest BCUT2D eigenvalue weighted by Gasteiger charge is -2.20. The highest BCUT2D eigenvalue weighted by molar-refractivity contribution is 5.83. The van der Waals surface area contributed by atoms with Crippen molar-refractivity contribution in [3.63, 3.8) is 0 Å². The lowest BCUT2D eigenvalue weighted by atomic mass is 10.2. The van der Waals surface area contributed by atoms with Gasteiger partial charge < -0.3 is 15.5 Å². The van der Waals surface area contributed by atoms with Crippen LogP contribution in [-0.2, 0) is 9.59 Å². The highest BCUT2D eigenvalue weighted by atomic mass is 16.2. The van der Waals surface area contributed by atoms with Crippen LogP contribution in [0.15, 0.2) is 0 Å². The molecular formula is C10H19N3O2. The van der Waals surface area contributed by atoms with Gasteiger partial charge in [-0.1, -0.05) is 0 Å². The first-order chi connectivity index (χ1) is 7.15.